The van der Waals surface area contributed by atoms with Crippen molar-refractivity contribution in [2.45, 2.75) is 64.3 Å². The number of hydrogen-bond acceptors (Lipinski definition) is 3. The molecule has 0 aliphatic heterocycles. The van der Waals surface area contributed by atoms with Gasteiger partial charge in [0.05, 0.1) is 6.61 Å². The molecule has 3 N–H and O–H groups in total. The van der Waals surface area contributed by atoms with Gasteiger partial charge in [-0.25, -0.2) is 0 Å². The second kappa shape index (κ2) is 10.2. The number of carbonyl (C=O) groups excluding carboxylic acids is 1. The zero-order valence-electron chi connectivity index (χ0n) is 12.3. The van der Waals surface area contributed by atoms with Crippen molar-refractivity contribution in [3.05, 3.63) is 0 Å². The Bertz CT molecular complexity index is 246. The van der Waals surface area contributed by atoms with Crippen molar-refractivity contribution in [1.29, 1.82) is 0 Å². The summed E-state index contributed by atoms with van der Waals surface area (Å²) in [6.07, 6.45) is 8.55. The molecule has 0 aromatic heterocycles. The summed E-state index contributed by atoms with van der Waals surface area (Å²) in [4.78, 5) is 11.7. The molecule has 1 aliphatic carbocycles. The monoisotopic (exact) mass is 270 g/mol. The van der Waals surface area contributed by atoms with Crippen LogP contribution in [-0.2, 0) is 9.53 Å². The Morgan fingerprint density at radius 3 is 2.95 bits per heavy atom. The van der Waals surface area contributed by atoms with E-state index in [-0.39, 0.29) is 5.91 Å². The number of nitrogens with two attached hydrogens (primary N) is 1. The Balaban J connectivity index is 1.95. The number of rotatable bonds is 9. The smallest absolute Gasteiger partial charge is 0.220 e. The highest BCUT2D eigenvalue weighted by Gasteiger charge is 2.19. The van der Waals surface area contributed by atoms with Gasteiger partial charge in [-0.05, 0) is 31.6 Å². The maximum atomic E-state index is 11.7. The summed E-state index contributed by atoms with van der Waals surface area (Å²) in [5.41, 5.74) is 5.95. The van der Waals surface area contributed by atoms with Crippen LogP contribution in [0.4, 0.5) is 0 Å². The summed E-state index contributed by atoms with van der Waals surface area (Å²) in [6.45, 7) is 4.20. The molecule has 19 heavy (non-hydrogen) atoms. The van der Waals surface area contributed by atoms with Gasteiger partial charge in [0, 0.05) is 25.6 Å². The van der Waals surface area contributed by atoms with E-state index < -0.39 is 0 Å². The van der Waals surface area contributed by atoms with Crippen molar-refractivity contribution in [3.63, 3.8) is 0 Å². The van der Waals surface area contributed by atoms with Crippen LogP contribution < -0.4 is 11.1 Å². The fraction of sp³-hybridized carbons (Fsp3) is 0.933. The molecule has 1 rings (SSSR count). The van der Waals surface area contributed by atoms with Crippen LogP contribution in [0.15, 0.2) is 0 Å². The van der Waals surface area contributed by atoms with Gasteiger partial charge in [-0.2, -0.15) is 0 Å². The largest absolute Gasteiger partial charge is 0.380 e. The predicted octanol–water partition coefficient (Wildman–Crippen LogP) is 2.22. The van der Waals surface area contributed by atoms with E-state index in [1.165, 1.54) is 12.8 Å². The van der Waals surface area contributed by atoms with E-state index in [0.29, 0.717) is 31.5 Å². The van der Waals surface area contributed by atoms with Gasteiger partial charge in [0.25, 0.3) is 0 Å². The Morgan fingerprint density at radius 1 is 1.37 bits per heavy atom. The van der Waals surface area contributed by atoms with Crippen LogP contribution in [0.3, 0.4) is 0 Å². The zero-order chi connectivity index (χ0) is 13.9. The van der Waals surface area contributed by atoms with Crippen molar-refractivity contribution < 1.29 is 9.53 Å². The van der Waals surface area contributed by atoms with E-state index >= 15 is 0 Å². The summed E-state index contributed by atoms with van der Waals surface area (Å²) in [5.74, 6) is 0.800. The van der Waals surface area contributed by atoms with Crippen LogP contribution in [0, 0.1) is 5.92 Å². The van der Waals surface area contributed by atoms with Crippen LogP contribution in [0.2, 0.25) is 0 Å². The first-order valence-corrected chi connectivity index (χ1v) is 7.82. The van der Waals surface area contributed by atoms with E-state index in [9.17, 15) is 4.79 Å². The molecule has 2 atom stereocenters. The summed E-state index contributed by atoms with van der Waals surface area (Å²) in [6, 6.07) is 0.355. The van der Waals surface area contributed by atoms with Gasteiger partial charge < -0.3 is 15.8 Å². The van der Waals surface area contributed by atoms with Gasteiger partial charge >= 0.3 is 0 Å². The van der Waals surface area contributed by atoms with Crippen molar-refractivity contribution >= 4 is 5.91 Å². The van der Waals surface area contributed by atoms with Gasteiger partial charge in [0.2, 0.25) is 5.91 Å². The standard InChI is InChI=1S/C15H30N2O2/c1-2-3-10-19-11-9-17-15(18)8-7-13-5-4-6-14(16)12-13/h13-14H,2-12,16H2,1H3,(H,17,18). The number of carbonyl (C=O) groups is 1. The average Bonchev–Trinajstić information content (AvgIpc) is 2.40. The molecule has 0 heterocycles. The third kappa shape index (κ3) is 8.22. The first kappa shape index (κ1) is 16.4. The fourth-order valence-electron chi connectivity index (χ4n) is 2.63. The van der Waals surface area contributed by atoms with E-state index in [0.717, 1.165) is 38.7 Å². The first-order chi connectivity index (χ1) is 9.22. The van der Waals surface area contributed by atoms with Crippen molar-refractivity contribution in [3.8, 4) is 0 Å². The SMILES string of the molecule is CCCCOCCNC(=O)CCC1CCCC(N)C1. The van der Waals surface area contributed by atoms with Crippen LogP contribution in [0.5, 0.6) is 0 Å². The van der Waals surface area contributed by atoms with Crippen LogP contribution in [-0.4, -0.2) is 31.7 Å². The lowest BCUT2D eigenvalue weighted by molar-refractivity contribution is -0.121. The minimum Gasteiger partial charge on any atom is -0.380 e. The van der Waals surface area contributed by atoms with Crippen LogP contribution in [0.1, 0.15) is 58.3 Å². The third-order valence-corrected chi connectivity index (χ3v) is 3.81. The predicted molar refractivity (Wildman–Crippen MR) is 77.9 cm³/mol. The Labute approximate surface area is 117 Å². The van der Waals surface area contributed by atoms with Crippen LogP contribution in [0.25, 0.3) is 0 Å². The fourth-order valence-corrected chi connectivity index (χ4v) is 2.63. The highest BCUT2D eigenvalue weighted by atomic mass is 16.5. The Kier molecular flexibility index (Phi) is 8.84. The molecule has 4 nitrogen and oxygen atoms in total. The third-order valence-electron chi connectivity index (χ3n) is 3.81. The lowest BCUT2D eigenvalue weighted by Crippen LogP contribution is -2.30. The molecule has 1 saturated carbocycles. The molecule has 0 spiro atoms. The van der Waals surface area contributed by atoms with E-state index in [1.54, 1.807) is 0 Å². The molecule has 4 heteroatoms. The van der Waals surface area contributed by atoms with Gasteiger partial charge in [-0.3, -0.25) is 4.79 Å². The molecule has 112 valence electrons. The maximum Gasteiger partial charge on any atom is 0.220 e. The molecular formula is C15H30N2O2. The minimum atomic E-state index is 0.151. The van der Waals surface area contributed by atoms with Gasteiger partial charge in [-0.15, -0.1) is 0 Å². The normalized spacial score (nSPS) is 23.3. The number of ether oxygens (including phenoxy) is 1. The molecule has 0 aromatic carbocycles. The minimum absolute atomic E-state index is 0.151. The number of nitrogens with one attached hydrogen (secondary N) is 1. The number of hydrogen-bond donors (Lipinski definition) is 2. The highest BCUT2D eigenvalue weighted by molar-refractivity contribution is 5.75. The van der Waals surface area contributed by atoms with E-state index in [4.69, 9.17) is 10.5 Å². The van der Waals surface area contributed by atoms with E-state index in [2.05, 4.69) is 12.2 Å². The Hall–Kier alpha value is -0.610. The molecular weight excluding hydrogens is 240 g/mol. The van der Waals surface area contributed by atoms with E-state index in [1.807, 2.05) is 0 Å². The average molecular weight is 270 g/mol. The maximum absolute atomic E-state index is 11.7. The van der Waals surface area contributed by atoms with Crippen molar-refractivity contribution in [2.24, 2.45) is 11.7 Å². The molecule has 1 fully saturated rings. The number of amides is 1. The van der Waals surface area contributed by atoms with Crippen molar-refractivity contribution in [1.82, 2.24) is 5.32 Å². The molecule has 0 bridgehead atoms. The van der Waals surface area contributed by atoms with Crippen molar-refractivity contribution in [2.75, 3.05) is 19.8 Å². The molecule has 1 aliphatic rings. The summed E-state index contributed by atoms with van der Waals surface area (Å²) in [7, 11) is 0. The molecule has 2 unspecified atom stereocenters. The second-order valence-electron chi connectivity index (χ2n) is 5.65. The molecule has 0 radical (unpaired) electrons. The summed E-state index contributed by atoms with van der Waals surface area (Å²) in [5, 5.41) is 2.92. The topological polar surface area (TPSA) is 64.3 Å². The summed E-state index contributed by atoms with van der Waals surface area (Å²) < 4.78 is 5.40. The highest BCUT2D eigenvalue weighted by Crippen LogP contribution is 2.26. The van der Waals surface area contributed by atoms with Gasteiger partial charge in [0.15, 0.2) is 0 Å². The lowest BCUT2D eigenvalue weighted by atomic mass is 9.83. The van der Waals surface area contributed by atoms with Gasteiger partial charge in [0.1, 0.15) is 0 Å². The second-order valence-corrected chi connectivity index (χ2v) is 5.65. The zero-order valence-corrected chi connectivity index (χ0v) is 12.3. The molecule has 0 aromatic rings. The molecule has 1 amide bonds. The first-order valence-electron chi connectivity index (χ1n) is 7.82. The Morgan fingerprint density at radius 2 is 2.21 bits per heavy atom. The summed E-state index contributed by atoms with van der Waals surface area (Å²) >= 11 is 0. The quantitative estimate of drug-likeness (QED) is 0.631. The lowest BCUT2D eigenvalue weighted by Gasteiger charge is -2.26. The molecule has 0 saturated heterocycles. The van der Waals surface area contributed by atoms with Gasteiger partial charge in [-0.1, -0.05) is 26.2 Å². The van der Waals surface area contributed by atoms with Crippen LogP contribution >= 0.6 is 0 Å². The number of unbranched alkanes of at least 4 members (excludes halogenated alkanes) is 1.